The number of sulfonamides is 1. The summed E-state index contributed by atoms with van der Waals surface area (Å²) in [5.74, 6) is -1.24. The molecule has 12 nitrogen and oxygen atoms in total. The molecule has 232 valence electrons. The SMILES string of the molecule is CCOC(=O)N1CCc2c(sc(NC(=O)c3ccc(S(=O)(=O)N4CCCc5ccccc54)cc3)c2C(=O)NC(=O)N(C)C)C1. The van der Waals surface area contributed by atoms with Gasteiger partial charge in [0.25, 0.3) is 21.8 Å². The molecule has 14 heteroatoms. The summed E-state index contributed by atoms with van der Waals surface area (Å²) < 4.78 is 33.6. The van der Waals surface area contributed by atoms with Crippen LogP contribution in [0, 0.1) is 0 Å². The smallest absolute Gasteiger partial charge is 0.410 e. The number of carbonyl (C=O) groups is 4. The molecular formula is C30H33N5O7S2. The monoisotopic (exact) mass is 639 g/mol. The minimum atomic E-state index is -3.86. The van der Waals surface area contributed by atoms with Crippen molar-refractivity contribution in [3.63, 3.8) is 0 Å². The van der Waals surface area contributed by atoms with E-state index in [2.05, 4.69) is 10.6 Å². The predicted octanol–water partition coefficient (Wildman–Crippen LogP) is 4.07. The maximum atomic E-state index is 13.5. The molecule has 0 aliphatic carbocycles. The van der Waals surface area contributed by atoms with E-state index in [0.29, 0.717) is 42.1 Å². The second-order valence-electron chi connectivity index (χ2n) is 10.5. The molecule has 0 fully saturated rings. The Kier molecular flexibility index (Phi) is 8.92. The molecule has 0 saturated heterocycles. The van der Waals surface area contributed by atoms with Crippen molar-refractivity contribution in [1.29, 1.82) is 0 Å². The van der Waals surface area contributed by atoms with E-state index in [4.69, 9.17) is 4.74 Å². The van der Waals surface area contributed by atoms with Crippen molar-refractivity contribution in [2.24, 2.45) is 0 Å². The molecule has 1 aromatic heterocycles. The van der Waals surface area contributed by atoms with Gasteiger partial charge in [0.05, 0.1) is 29.3 Å². The van der Waals surface area contributed by atoms with Gasteiger partial charge in [0.2, 0.25) is 0 Å². The summed E-state index contributed by atoms with van der Waals surface area (Å²) in [5, 5.41) is 5.32. The van der Waals surface area contributed by atoms with Gasteiger partial charge in [-0.05, 0) is 67.6 Å². The highest BCUT2D eigenvalue weighted by Gasteiger charge is 2.32. The van der Waals surface area contributed by atoms with Gasteiger partial charge in [0, 0.05) is 37.6 Å². The van der Waals surface area contributed by atoms with Crippen LogP contribution in [0.1, 0.15) is 50.1 Å². The number of benzene rings is 2. The van der Waals surface area contributed by atoms with Crippen molar-refractivity contribution in [2.75, 3.05) is 43.4 Å². The first-order valence-electron chi connectivity index (χ1n) is 14.1. The Bertz CT molecular complexity index is 1720. The number of hydrogen-bond acceptors (Lipinski definition) is 8. The number of ether oxygens (including phenoxy) is 1. The lowest BCUT2D eigenvalue weighted by Gasteiger charge is -2.30. The molecule has 2 aliphatic rings. The van der Waals surface area contributed by atoms with Gasteiger partial charge in [0.1, 0.15) is 5.00 Å². The molecule has 0 bridgehead atoms. The number of nitrogens with one attached hydrogen (secondary N) is 2. The van der Waals surface area contributed by atoms with E-state index in [0.717, 1.165) is 23.3 Å². The third-order valence-electron chi connectivity index (χ3n) is 7.44. The van der Waals surface area contributed by atoms with Crippen molar-refractivity contribution in [2.45, 2.75) is 37.6 Å². The highest BCUT2D eigenvalue weighted by Crippen LogP contribution is 2.38. The van der Waals surface area contributed by atoms with Crippen molar-refractivity contribution in [3.8, 4) is 0 Å². The maximum Gasteiger partial charge on any atom is 0.410 e. The number of para-hydroxylation sites is 1. The van der Waals surface area contributed by atoms with Crippen LogP contribution in [-0.4, -0.2) is 75.9 Å². The fourth-order valence-corrected chi connectivity index (χ4v) is 8.00. The van der Waals surface area contributed by atoms with Crippen LogP contribution in [-0.2, 0) is 34.1 Å². The summed E-state index contributed by atoms with van der Waals surface area (Å²) in [7, 11) is -0.861. The van der Waals surface area contributed by atoms with Gasteiger partial charge in [-0.2, -0.15) is 0 Å². The summed E-state index contributed by atoms with van der Waals surface area (Å²) in [6.45, 7) is 2.78. The lowest BCUT2D eigenvalue weighted by atomic mass is 10.0. The summed E-state index contributed by atoms with van der Waals surface area (Å²) in [5.41, 5.74) is 2.59. The molecule has 0 unspecified atom stereocenters. The average molecular weight is 640 g/mol. The van der Waals surface area contributed by atoms with E-state index in [9.17, 15) is 27.6 Å². The molecular weight excluding hydrogens is 606 g/mol. The zero-order valence-electron chi connectivity index (χ0n) is 24.6. The third-order valence-corrected chi connectivity index (χ3v) is 10.4. The third kappa shape index (κ3) is 6.13. The van der Waals surface area contributed by atoms with Gasteiger partial charge in [-0.1, -0.05) is 18.2 Å². The van der Waals surface area contributed by atoms with Gasteiger partial charge >= 0.3 is 12.1 Å². The highest BCUT2D eigenvalue weighted by atomic mass is 32.2. The Balaban J connectivity index is 1.40. The first-order valence-corrected chi connectivity index (χ1v) is 16.4. The molecule has 0 spiro atoms. The molecule has 2 aromatic carbocycles. The molecule has 3 heterocycles. The predicted molar refractivity (Wildman–Crippen MR) is 166 cm³/mol. The Morgan fingerprint density at radius 3 is 2.41 bits per heavy atom. The normalized spacial score (nSPS) is 14.2. The van der Waals surface area contributed by atoms with Crippen molar-refractivity contribution in [3.05, 3.63) is 75.7 Å². The second kappa shape index (κ2) is 12.7. The van der Waals surface area contributed by atoms with Crippen LogP contribution >= 0.6 is 11.3 Å². The number of carbonyl (C=O) groups excluding carboxylic acids is 4. The number of amides is 5. The molecule has 0 radical (unpaired) electrons. The maximum absolute atomic E-state index is 13.5. The molecule has 5 amide bonds. The van der Waals surface area contributed by atoms with Crippen LogP contribution in [0.5, 0.6) is 0 Å². The van der Waals surface area contributed by atoms with Gasteiger partial charge in [-0.25, -0.2) is 18.0 Å². The summed E-state index contributed by atoms with van der Waals surface area (Å²) in [6, 6.07) is 12.4. The second-order valence-corrected chi connectivity index (χ2v) is 13.5. The van der Waals surface area contributed by atoms with Gasteiger partial charge < -0.3 is 19.9 Å². The number of fused-ring (bicyclic) bond motifs is 2. The zero-order chi connectivity index (χ0) is 31.6. The van der Waals surface area contributed by atoms with Crippen molar-refractivity contribution >= 4 is 56.0 Å². The molecule has 44 heavy (non-hydrogen) atoms. The molecule has 2 N–H and O–H groups in total. The molecule has 0 atom stereocenters. The fourth-order valence-electron chi connectivity index (χ4n) is 5.20. The van der Waals surface area contributed by atoms with Gasteiger partial charge in [0.15, 0.2) is 0 Å². The first kappa shape index (κ1) is 31.0. The Hall–Kier alpha value is -4.43. The van der Waals surface area contributed by atoms with Crippen LogP contribution in [0.3, 0.4) is 0 Å². The number of nitrogens with zero attached hydrogens (tertiary/aromatic N) is 3. The Morgan fingerprint density at radius 2 is 1.70 bits per heavy atom. The first-order chi connectivity index (χ1) is 21.0. The number of rotatable bonds is 6. The van der Waals surface area contributed by atoms with E-state index >= 15 is 0 Å². The van der Waals surface area contributed by atoms with E-state index in [-0.39, 0.29) is 34.2 Å². The lowest BCUT2D eigenvalue weighted by molar-refractivity contribution is 0.0955. The van der Waals surface area contributed by atoms with E-state index in [1.54, 1.807) is 13.0 Å². The lowest BCUT2D eigenvalue weighted by Crippen LogP contribution is -2.40. The van der Waals surface area contributed by atoms with Crippen LogP contribution in [0.4, 0.5) is 20.3 Å². The molecule has 3 aromatic rings. The summed E-state index contributed by atoms with van der Waals surface area (Å²) in [6.07, 6.45) is 1.35. The topological polar surface area (TPSA) is 145 Å². The molecule has 5 rings (SSSR count). The van der Waals surface area contributed by atoms with E-state index in [1.807, 2.05) is 18.2 Å². The quantitative estimate of drug-likeness (QED) is 0.414. The van der Waals surface area contributed by atoms with Crippen molar-refractivity contribution in [1.82, 2.24) is 15.1 Å². The van der Waals surface area contributed by atoms with Gasteiger partial charge in [-0.3, -0.25) is 19.2 Å². The summed E-state index contributed by atoms with van der Waals surface area (Å²) in [4.78, 5) is 54.7. The number of aryl methyl sites for hydroxylation is 1. The number of thiophene rings is 1. The Morgan fingerprint density at radius 1 is 0.977 bits per heavy atom. The van der Waals surface area contributed by atoms with Crippen LogP contribution in [0.15, 0.2) is 53.4 Å². The number of anilines is 2. The standard InChI is InChI=1S/C30H33N5O7S2/c1-4-42-30(39)34-17-15-22-24(18-34)43-28(25(22)27(37)32-29(38)33(2)3)31-26(36)20-11-13-21(14-12-20)44(40,41)35-16-7-9-19-8-5-6-10-23(19)35/h5-6,8,10-14H,4,7,9,15-18H2,1-3H3,(H,31,36)(H,32,37,38). The number of urea groups is 1. The highest BCUT2D eigenvalue weighted by molar-refractivity contribution is 7.92. The largest absolute Gasteiger partial charge is 0.450 e. The van der Waals surface area contributed by atoms with E-state index < -0.39 is 34.0 Å². The zero-order valence-corrected chi connectivity index (χ0v) is 26.2. The Labute approximate surface area is 259 Å². The fraction of sp³-hybridized carbons (Fsp3) is 0.333. The van der Waals surface area contributed by atoms with Crippen LogP contribution in [0.25, 0.3) is 0 Å². The minimum Gasteiger partial charge on any atom is -0.450 e. The van der Waals surface area contributed by atoms with Crippen LogP contribution in [0.2, 0.25) is 0 Å². The average Bonchev–Trinajstić information content (AvgIpc) is 3.37. The number of imide groups is 1. The van der Waals surface area contributed by atoms with Gasteiger partial charge in [-0.15, -0.1) is 11.3 Å². The van der Waals surface area contributed by atoms with E-state index in [1.165, 1.54) is 52.5 Å². The van der Waals surface area contributed by atoms with Crippen molar-refractivity contribution < 1.29 is 32.3 Å². The number of hydrogen-bond donors (Lipinski definition) is 2. The summed E-state index contributed by atoms with van der Waals surface area (Å²) >= 11 is 1.14. The minimum absolute atomic E-state index is 0.0543. The molecule has 2 aliphatic heterocycles. The molecule has 0 saturated carbocycles. The van der Waals surface area contributed by atoms with Crippen LogP contribution < -0.4 is 14.9 Å².